The van der Waals surface area contributed by atoms with Gasteiger partial charge in [-0.1, -0.05) is 0 Å². The summed E-state index contributed by atoms with van der Waals surface area (Å²) in [5.74, 6) is -1.05. The van der Waals surface area contributed by atoms with Crippen LogP contribution in [-0.2, 0) is 6.42 Å². The SMILES string of the molecule is Nc1ncc(Cc2cc(O)c(O)c(O)c2)c(N)n1. The summed E-state index contributed by atoms with van der Waals surface area (Å²) in [6.45, 7) is 0. The Bertz CT molecular complexity index is 578. The highest BCUT2D eigenvalue weighted by molar-refractivity contribution is 5.53. The number of rotatable bonds is 2. The van der Waals surface area contributed by atoms with Crippen LogP contribution in [-0.4, -0.2) is 25.3 Å². The maximum atomic E-state index is 9.38. The number of hydrogen-bond donors (Lipinski definition) is 5. The molecule has 1 heterocycles. The maximum Gasteiger partial charge on any atom is 0.221 e. The molecule has 0 saturated heterocycles. The van der Waals surface area contributed by atoms with Crippen LogP contribution in [0.5, 0.6) is 17.2 Å². The van der Waals surface area contributed by atoms with Gasteiger partial charge in [0.1, 0.15) is 5.82 Å². The number of hydrogen-bond acceptors (Lipinski definition) is 7. The summed E-state index contributed by atoms with van der Waals surface area (Å²) in [4.78, 5) is 7.61. The Balaban J connectivity index is 2.34. The number of aromatic hydroxyl groups is 3. The molecule has 2 aromatic rings. The van der Waals surface area contributed by atoms with Gasteiger partial charge in [0.25, 0.3) is 0 Å². The number of aromatic nitrogens is 2. The van der Waals surface area contributed by atoms with E-state index >= 15 is 0 Å². The van der Waals surface area contributed by atoms with Crippen molar-refractivity contribution in [2.24, 2.45) is 0 Å². The highest BCUT2D eigenvalue weighted by Gasteiger charge is 2.10. The zero-order valence-corrected chi connectivity index (χ0v) is 9.33. The van der Waals surface area contributed by atoms with Crippen LogP contribution in [0.3, 0.4) is 0 Å². The highest BCUT2D eigenvalue weighted by atomic mass is 16.3. The van der Waals surface area contributed by atoms with Crippen molar-refractivity contribution in [3.63, 3.8) is 0 Å². The lowest BCUT2D eigenvalue weighted by Gasteiger charge is -2.07. The molecule has 2 rings (SSSR count). The molecule has 0 unspecified atom stereocenters. The molecule has 18 heavy (non-hydrogen) atoms. The zero-order chi connectivity index (χ0) is 13.3. The number of phenolic OH excluding ortho intramolecular Hbond substituents is 3. The van der Waals surface area contributed by atoms with E-state index in [1.54, 1.807) is 0 Å². The van der Waals surface area contributed by atoms with E-state index in [2.05, 4.69) is 9.97 Å². The first-order valence-corrected chi connectivity index (χ1v) is 5.08. The van der Waals surface area contributed by atoms with Gasteiger partial charge in [0.05, 0.1) is 0 Å². The molecule has 7 nitrogen and oxygen atoms in total. The third-order valence-corrected chi connectivity index (χ3v) is 2.44. The Labute approximate surface area is 102 Å². The van der Waals surface area contributed by atoms with E-state index in [-0.39, 0.29) is 11.8 Å². The molecule has 1 aromatic carbocycles. The van der Waals surface area contributed by atoms with Crippen molar-refractivity contribution in [2.75, 3.05) is 11.5 Å². The minimum absolute atomic E-state index is 0.0765. The molecule has 0 atom stereocenters. The molecule has 0 saturated carbocycles. The van der Waals surface area contributed by atoms with Crippen LogP contribution in [0.2, 0.25) is 0 Å². The Morgan fingerprint density at radius 2 is 1.67 bits per heavy atom. The summed E-state index contributed by atoms with van der Waals surface area (Å²) in [5, 5.41) is 28.0. The largest absolute Gasteiger partial charge is 0.504 e. The third kappa shape index (κ3) is 2.19. The van der Waals surface area contributed by atoms with Gasteiger partial charge in [-0.25, -0.2) is 4.98 Å². The quantitative estimate of drug-likeness (QED) is 0.483. The van der Waals surface area contributed by atoms with Crippen molar-refractivity contribution in [3.05, 3.63) is 29.5 Å². The van der Waals surface area contributed by atoms with E-state index in [9.17, 15) is 15.3 Å². The molecule has 7 N–H and O–H groups in total. The van der Waals surface area contributed by atoms with Gasteiger partial charge in [0.2, 0.25) is 5.95 Å². The summed E-state index contributed by atoms with van der Waals surface area (Å²) in [6, 6.07) is 2.65. The van der Waals surface area contributed by atoms with Gasteiger partial charge in [0.15, 0.2) is 17.2 Å². The van der Waals surface area contributed by atoms with Crippen LogP contribution in [0.15, 0.2) is 18.3 Å². The molecular weight excluding hydrogens is 236 g/mol. The second-order valence-electron chi connectivity index (χ2n) is 3.80. The van der Waals surface area contributed by atoms with Crippen LogP contribution in [0.4, 0.5) is 11.8 Å². The van der Waals surface area contributed by atoms with Gasteiger partial charge in [-0.2, -0.15) is 4.98 Å². The molecule has 1 aromatic heterocycles. The van der Waals surface area contributed by atoms with Gasteiger partial charge < -0.3 is 26.8 Å². The molecule has 0 aliphatic rings. The van der Waals surface area contributed by atoms with E-state index in [0.717, 1.165) is 0 Å². The normalized spacial score (nSPS) is 10.4. The number of nitrogen functional groups attached to an aromatic ring is 2. The Hall–Kier alpha value is -2.70. The maximum absolute atomic E-state index is 9.38. The molecule has 0 fully saturated rings. The second-order valence-corrected chi connectivity index (χ2v) is 3.80. The van der Waals surface area contributed by atoms with Crippen molar-refractivity contribution in [1.82, 2.24) is 9.97 Å². The van der Waals surface area contributed by atoms with E-state index in [0.29, 0.717) is 17.5 Å². The molecule has 0 bridgehead atoms. The number of phenols is 3. The number of anilines is 2. The Morgan fingerprint density at radius 3 is 2.22 bits per heavy atom. The Kier molecular flexibility index (Phi) is 2.80. The first-order valence-electron chi connectivity index (χ1n) is 5.08. The summed E-state index contributed by atoms with van der Waals surface area (Å²) in [5.41, 5.74) is 12.2. The highest BCUT2D eigenvalue weighted by Crippen LogP contribution is 2.36. The summed E-state index contributed by atoms with van der Waals surface area (Å²) >= 11 is 0. The lowest BCUT2D eigenvalue weighted by molar-refractivity contribution is 0.367. The average Bonchev–Trinajstić information content (AvgIpc) is 2.29. The van der Waals surface area contributed by atoms with Gasteiger partial charge in [-0.15, -0.1) is 0 Å². The fourth-order valence-electron chi connectivity index (χ4n) is 1.55. The molecule has 0 spiro atoms. The minimum Gasteiger partial charge on any atom is -0.504 e. The van der Waals surface area contributed by atoms with Gasteiger partial charge in [0, 0.05) is 18.2 Å². The lowest BCUT2D eigenvalue weighted by atomic mass is 10.1. The standard InChI is InChI=1S/C11H12N4O3/c12-10-6(4-14-11(13)15-10)1-5-2-7(16)9(18)8(17)3-5/h2-4,16-18H,1H2,(H4,12,13,14,15). The minimum atomic E-state index is -0.555. The van der Waals surface area contributed by atoms with Crippen LogP contribution in [0, 0.1) is 0 Å². The van der Waals surface area contributed by atoms with E-state index < -0.39 is 17.2 Å². The van der Waals surface area contributed by atoms with Crippen LogP contribution in [0.25, 0.3) is 0 Å². The fourth-order valence-corrected chi connectivity index (χ4v) is 1.55. The molecule has 7 heteroatoms. The smallest absolute Gasteiger partial charge is 0.221 e. The second kappa shape index (κ2) is 4.28. The summed E-state index contributed by atoms with van der Waals surface area (Å²) < 4.78 is 0. The van der Waals surface area contributed by atoms with Gasteiger partial charge in [-0.3, -0.25) is 0 Å². The van der Waals surface area contributed by atoms with Crippen LogP contribution >= 0.6 is 0 Å². The van der Waals surface area contributed by atoms with E-state index in [4.69, 9.17) is 11.5 Å². The van der Waals surface area contributed by atoms with Crippen LogP contribution in [0.1, 0.15) is 11.1 Å². The molecule has 0 aliphatic heterocycles. The van der Waals surface area contributed by atoms with Gasteiger partial charge in [-0.05, 0) is 17.7 Å². The molecular formula is C11H12N4O3. The van der Waals surface area contributed by atoms with Crippen LogP contribution < -0.4 is 11.5 Å². The summed E-state index contributed by atoms with van der Waals surface area (Å²) in [6.07, 6.45) is 1.77. The predicted octanol–water partition coefficient (Wildman–Crippen LogP) is 0.349. The molecule has 0 amide bonds. The van der Waals surface area contributed by atoms with Crippen molar-refractivity contribution in [2.45, 2.75) is 6.42 Å². The Morgan fingerprint density at radius 1 is 1.06 bits per heavy atom. The van der Waals surface area contributed by atoms with Gasteiger partial charge >= 0.3 is 0 Å². The predicted molar refractivity (Wildman–Crippen MR) is 65.1 cm³/mol. The van der Waals surface area contributed by atoms with Crippen molar-refractivity contribution < 1.29 is 15.3 Å². The van der Waals surface area contributed by atoms with E-state index in [1.807, 2.05) is 0 Å². The van der Waals surface area contributed by atoms with Crippen molar-refractivity contribution in [3.8, 4) is 17.2 Å². The summed E-state index contributed by atoms with van der Waals surface area (Å²) in [7, 11) is 0. The fraction of sp³-hybridized carbons (Fsp3) is 0.0909. The average molecular weight is 248 g/mol. The zero-order valence-electron chi connectivity index (χ0n) is 9.33. The van der Waals surface area contributed by atoms with E-state index in [1.165, 1.54) is 18.3 Å². The first-order chi connectivity index (χ1) is 8.47. The van der Waals surface area contributed by atoms with Crippen molar-refractivity contribution >= 4 is 11.8 Å². The molecule has 94 valence electrons. The molecule has 0 aliphatic carbocycles. The monoisotopic (exact) mass is 248 g/mol. The third-order valence-electron chi connectivity index (χ3n) is 2.44. The number of benzene rings is 1. The lowest BCUT2D eigenvalue weighted by Crippen LogP contribution is -2.04. The number of nitrogens with zero attached hydrogens (tertiary/aromatic N) is 2. The topological polar surface area (TPSA) is 139 Å². The van der Waals surface area contributed by atoms with Crippen molar-refractivity contribution in [1.29, 1.82) is 0 Å². The number of nitrogens with two attached hydrogens (primary N) is 2. The first kappa shape index (κ1) is 11.8. The molecule has 0 radical (unpaired) electrons.